The molecule has 1 amide bonds. The van der Waals surface area contributed by atoms with Crippen LogP contribution in [0.15, 0.2) is 30.3 Å². The summed E-state index contributed by atoms with van der Waals surface area (Å²) in [5.41, 5.74) is 1.15. The zero-order chi connectivity index (χ0) is 12.8. The quantitative estimate of drug-likeness (QED) is 0.822. The Morgan fingerprint density at radius 1 is 1.22 bits per heavy atom. The van der Waals surface area contributed by atoms with Crippen LogP contribution >= 0.6 is 12.2 Å². The Morgan fingerprint density at radius 3 is 2.56 bits per heavy atom. The molecule has 96 valence electrons. The van der Waals surface area contributed by atoms with Gasteiger partial charge in [0.1, 0.15) is 0 Å². The summed E-state index contributed by atoms with van der Waals surface area (Å²) in [6.07, 6.45) is 4.30. The van der Waals surface area contributed by atoms with Crippen LogP contribution in [-0.2, 0) is 11.3 Å². The third-order valence-electron chi connectivity index (χ3n) is 3.26. The van der Waals surface area contributed by atoms with Gasteiger partial charge in [-0.15, -0.1) is 0 Å². The lowest BCUT2D eigenvalue weighted by molar-refractivity contribution is -0.123. The minimum Gasteiger partial charge on any atom is -0.358 e. The number of amides is 1. The van der Waals surface area contributed by atoms with Gasteiger partial charge in [0.15, 0.2) is 5.11 Å². The first-order valence-electron chi connectivity index (χ1n) is 6.38. The van der Waals surface area contributed by atoms with Crippen molar-refractivity contribution in [3.63, 3.8) is 0 Å². The minimum atomic E-state index is 0.0676. The zero-order valence-electron chi connectivity index (χ0n) is 10.3. The second-order valence-electron chi connectivity index (χ2n) is 4.64. The molecular formula is C14H18N2OS. The van der Waals surface area contributed by atoms with Gasteiger partial charge in [0.05, 0.1) is 0 Å². The Labute approximate surface area is 113 Å². The normalized spacial score (nSPS) is 15.3. The van der Waals surface area contributed by atoms with Crippen LogP contribution < -0.4 is 10.6 Å². The fourth-order valence-electron chi connectivity index (χ4n) is 2.22. The molecule has 0 aromatic heterocycles. The molecule has 0 bridgehead atoms. The highest BCUT2D eigenvalue weighted by atomic mass is 32.1. The molecule has 0 unspecified atom stereocenters. The van der Waals surface area contributed by atoms with Gasteiger partial charge in [-0.05, 0) is 30.6 Å². The molecule has 3 nitrogen and oxygen atoms in total. The lowest BCUT2D eigenvalue weighted by Crippen LogP contribution is -2.41. The number of hydrogen-bond acceptors (Lipinski definition) is 2. The van der Waals surface area contributed by atoms with Crippen molar-refractivity contribution in [2.24, 2.45) is 5.92 Å². The molecule has 2 rings (SSSR count). The van der Waals surface area contributed by atoms with Gasteiger partial charge in [-0.2, -0.15) is 0 Å². The molecule has 1 saturated carbocycles. The largest absolute Gasteiger partial charge is 0.358 e. The maximum atomic E-state index is 11.8. The van der Waals surface area contributed by atoms with E-state index in [2.05, 4.69) is 10.6 Å². The number of nitrogens with one attached hydrogen (secondary N) is 2. The first-order valence-corrected chi connectivity index (χ1v) is 6.79. The van der Waals surface area contributed by atoms with Gasteiger partial charge in [-0.25, -0.2) is 0 Å². The Balaban J connectivity index is 1.73. The topological polar surface area (TPSA) is 41.1 Å². The highest BCUT2D eigenvalue weighted by Gasteiger charge is 2.22. The van der Waals surface area contributed by atoms with E-state index in [9.17, 15) is 4.79 Å². The summed E-state index contributed by atoms with van der Waals surface area (Å²) < 4.78 is 0. The van der Waals surface area contributed by atoms with Crippen LogP contribution in [-0.4, -0.2) is 11.0 Å². The molecule has 18 heavy (non-hydrogen) atoms. The van der Waals surface area contributed by atoms with E-state index >= 15 is 0 Å². The van der Waals surface area contributed by atoms with Crippen molar-refractivity contribution < 1.29 is 4.79 Å². The van der Waals surface area contributed by atoms with E-state index in [1.807, 2.05) is 30.3 Å². The van der Waals surface area contributed by atoms with Crippen molar-refractivity contribution in [3.8, 4) is 0 Å². The molecule has 1 aromatic carbocycles. The van der Waals surface area contributed by atoms with Crippen molar-refractivity contribution in [2.45, 2.75) is 32.2 Å². The molecule has 2 N–H and O–H groups in total. The van der Waals surface area contributed by atoms with E-state index in [1.165, 1.54) is 0 Å². The summed E-state index contributed by atoms with van der Waals surface area (Å²) in [6, 6.07) is 9.99. The van der Waals surface area contributed by atoms with Crippen LogP contribution in [0.5, 0.6) is 0 Å². The molecule has 0 atom stereocenters. The number of hydrogen-bond donors (Lipinski definition) is 2. The van der Waals surface area contributed by atoms with Crippen LogP contribution in [0.2, 0.25) is 0 Å². The zero-order valence-corrected chi connectivity index (χ0v) is 11.1. The first kappa shape index (κ1) is 13.0. The van der Waals surface area contributed by atoms with Crippen LogP contribution in [0.25, 0.3) is 0 Å². The fourth-order valence-corrected chi connectivity index (χ4v) is 2.40. The van der Waals surface area contributed by atoms with E-state index < -0.39 is 0 Å². The molecule has 1 aliphatic carbocycles. The van der Waals surface area contributed by atoms with E-state index in [0.29, 0.717) is 11.7 Å². The predicted octanol–water partition coefficient (Wildman–Crippen LogP) is 2.37. The van der Waals surface area contributed by atoms with E-state index in [0.717, 1.165) is 31.2 Å². The fraction of sp³-hybridized carbons (Fsp3) is 0.429. The molecular weight excluding hydrogens is 244 g/mol. The third-order valence-corrected chi connectivity index (χ3v) is 3.50. The standard InChI is InChI=1S/C14H18N2OS/c17-13(12-8-4-5-9-12)16-14(18)15-10-11-6-2-1-3-7-11/h1-3,6-7,12H,4-5,8-10H2,(H2,15,16,17,18). The maximum Gasteiger partial charge on any atom is 0.229 e. The van der Waals surface area contributed by atoms with Gasteiger partial charge in [0.2, 0.25) is 5.91 Å². The van der Waals surface area contributed by atoms with Crippen molar-refractivity contribution >= 4 is 23.2 Å². The smallest absolute Gasteiger partial charge is 0.229 e. The summed E-state index contributed by atoms with van der Waals surface area (Å²) in [7, 11) is 0. The monoisotopic (exact) mass is 262 g/mol. The van der Waals surface area contributed by atoms with E-state index in [4.69, 9.17) is 12.2 Å². The molecule has 0 heterocycles. The van der Waals surface area contributed by atoms with Gasteiger partial charge in [-0.1, -0.05) is 43.2 Å². The van der Waals surface area contributed by atoms with Gasteiger partial charge < -0.3 is 10.6 Å². The average Bonchev–Trinajstić information content (AvgIpc) is 2.91. The Bertz CT molecular complexity index is 413. The molecule has 1 aliphatic rings. The Hall–Kier alpha value is -1.42. The second kappa shape index (κ2) is 6.50. The average molecular weight is 262 g/mol. The van der Waals surface area contributed by atoms with Gasteiger partial charge in [-0.3, -0.25) is 4.79 Å². The number of benzene rings is 1. The highest BCUT2D eigenvalue weighted by molar-refractivity contribution is 7.80. The third kappa shape index (κ3) is 3.81. The molecule has 1 aromatic rings. The van der Waals surface area contributed by atoms with Crippen LogP contribution in [0, 0.1) is 5.92 Å². The second-order valence-corrected chi connectivity index (χ2v) is 5.05. The van der Waals surface area contributed by atoms with Crippen LogP contribution in [0.4, 0.5) is 0 Å². The lowest BCUT2D eigenvalue weighted by atomic mass is 10.1. The molecule has 0 radical (unpaired) electrons. The summed E-state index contributed by atoms with van der Waals surface area (Å²) in [6.45, 7) is 0.643. The number of carbonyl (C=O) groups excluding carboxylic acids is 1. The number of thiocarbonyl (C=S) groups is 1. The summed E-state index contributed by atoms with van der Waals surface area (Å²) >= 11 is 5.12. The highest BCUT2D eigenvalue weighted by Crippen LogP contribution is 2.24. The molecule has 4 heteroatoms. The van der Waals surface area contributed by atoms with Crippen molar-refractivity contribution in [2.75, 3.05) is 0 Å². The molecule has 0 aliphatic heterocycles. The van der Waals surface area contributed by atoms with Crippen molar-refractivity contribution in [1.82, 2.24) is 10.6 Å². The van der Waals surface area contributed by atoms with E-state index in [-0.39, 0.29) is 11.8 Å². The number of rotatable bonds is 3. The first-order chi connectivity index (χ1) is 8.75. The van der Waals surface area contributed by atoms with Gasteiger partial charge in [0.25, 0.3) is 0 Å². The van der Waals surface area contributed by atoms with Crippen LogP contribution in [0.1, 0.15) is 31.2 Å². The van der Waals surface area contributed by atoms with Gasteiger partial charge in [0, 0.05) is 12.5 Å². The Kier molecular flexibility index (Phi) is 4.70. The van der Waals surface area contributed by atoms with E-state index in [1.54, 1.807) is 0 Å². The molecule has 0 spiro atoms. The lowest BCUT2D eigenvalue weighted by Gasteiger charge is -2.12. The van der Waals surface area contributed by atoms with Crippen molar-refractivity contribution in [1.29, 1.82) is 0 Å². The minimum absolute atomic E-state index is 0.0676. The van der Waals surface area contributed by atoms with Gasteiger partial charge >= 0.3 is 0 Å². The maximum absolute atomic E-state index is 11.8. The van der Waals surface area contributed by atoms with Crippen molar-refractivity contribution in [3.05, 3.63) is 35.9 Å². The van der Waals surface area contributed by atoms with Crippen LogP contribution in [0.3, 0.4) is 0 Å². The number of carbonyl (C=O) groups is 1. The summed E-state index contributed by atoms with van der Waals surface area (Å²) in [4.78, 5) is 11.8. The Morgan fingerprint density at radius 2 is 1.89 bits per heavy atom. The molecule has 1 fully saturated rings. The SMILES string of the molecule is O=C(NC(=S)NCc1ccccc1)C1CCCC1. The summed E-state index contributed by atoms with van der Waals surface area (Å²) in [5, 5.41) is 6.25. The molecule has 0 saturated heterocycles. The predicted molar refractivity (Wildman–Crippen MR) is 76.0 cm³/mol. The summed E-state index contributed by atoms with van der Waals surface area (Å²) in [5.74, 6) is 0.222.